The van der Waals surface area contributed by atoms with Crippen LogP contribution in [0, 0.1) is 17.0 Å². The minimum Gasteiger partial charge on any atom is -0.299 e. The summed E-state index contributed by atoms with van der Waals surface area (Å²) in [6.45, 7) is 7.58. The van der Waals surface area contributed by atoms with Crippen molar-refractivity contribution in [1.29, 1.82) is 0 Å². The number of nitrogens with zero attached hydrogens (tertiary/aromatic N) is 2. The van der Waals surface area contributed by atoms with Crippen molar-refractivity contribution in [2.75, 3.05) is 0 Å². The van der Waals surface area contributed by atoms with E-state index in [9.17, 15) is 14.9 Å². The van der Waals surface area contributed by atoms with Gasteiger partial charge < -0.3 is 0 Å². The fourth-order valence-electron chi connectivity index (χ4n) is 3.64. The molecule has 25 heavy (non-hydrogen) atoms. The van der Waals surface area contributed by atoms with Gasteiger partial charge >= 0.3 is 0 Å². The first kappa shape index (κ1) is 17.0. The van der Waals surface area contributed by atoms with Crippen molar-refractivity contribution >= 4 is 17.0 Å². The number of nitro benzene ring substituents is 1. The summed E-state index contributed by atoms with van der Waals surface area (Å²) in [6, 6.07) is 8.57. The van der Waals surface area contributed by atoms with Crippen LogP contribution in [0.3, 0.4) is 0 Å². The smallest absolute Gasteiger partial charge is 0.270 e. The van der Waals surface area contributed by atoms with Gasteiger partial charge in [0.15, 0.2) is 0 Å². The fourth-order valence-corrected chi connectivity index (χ4v) is 3.64. The van der Waals surface area contributed by atoms with Crippen molar-refractivity contribution in [1.82, 2.24) is 4.98 Å². The Hall–Kier alpha value is -2.82. The number of hydrogen-bond donors (Lipinski definition) is 0. The molecule has 0 unspecified atom stereocenters. The lowest BCUT2D eigenvalue weighted by molar-refractivity contribution is -0.385. The van der Waals surface area contributed by atoms with Crippen molar-refractivity contribution in [3.05, 3.63) is 75.6 Å². The number of carbonyl (C=O) groups excluding carboxylic acids is 1. The number of Topliss-reactive ketones (excluding diaryl/α,β-unsaturated/α-hetero) is 1. The quantitative estimate of drug-likeness (QED) is 0.600. The molecule has 3 rings (SSSR count). The van der Waals surface area contributed by atoms with Gasteiger partial charge in [0.05, 0.1) is 16.0 Å². The normalized spacial score (nSPS) is 15.3. The van der Waals surface area contributed by atoms with Gasteiger partial charge in [0.1, 0.15) is 5.78 Å². The first-order valence-corrected chi connectivity index (χ1v) is 8.28. The standard InChI is InChI=1S/C20H20N2O3/c1-13-17(14(2)19-7-4-5-10-21-19)11-16(22(24)25)12-18(13)20(15(3)23)8-6-9-20/h4-5,7,10-12H,2,6,8-9H2,1,3H3. The van der Waals surface area contributed by atoms with E-state index in [0.717, 1.165) is 30.4 Å². The number of rotatable bonds is 5. The summed E-state index contributed by atoms with van der Waals surface area (Å²) in [5, 5.41) is 11.5. The van der Waals surface area contributed by atoms with E-state index in [4.69, 9.17) is 0 Å². The Morgan fingerprint density at radius 3 is 2.52 bits per heavy atom. The zero-order valence-electron chi connectivity index (χ0n) is 14.4. The number of pyridine rings is 1. The molecule has 1 saturated carbocycles. The zero-order chi connectivity index (χ0) is 18.2. The first-order chi connectivity index (χ1) is 11.9. The van der Waals surface area contributed by atoms with Crippen LogP contribution in [-0.2, 0) is 10.2 Å². The van der Waals surface area contributed by atoms with Crippen molar-refractivity contribution in [2.45, 2.75) is 38.5 Å². The lowest BCUT2D eigenvalue weighted by Crippen LogP contribution is -2.41. The van der Waals surface area contributed by atoms with Crippen LogP contribution in [0.25, 0.3) is 5.57 Å². The second-order valence-corrected chi connectivity index (χ2v) is 6.61. The van der Waals surface area contributed by atoms with Gasteiger partial charge in [0.2, 0.25) is 0 Å². The third-order valence-electron chi connectivity index (χ3n) is 5.30. The van der Waals surface area contributed by atoms with Crippen LogP contribution >= 0.6 is 0 Å². The predicted octanol–water partition coefficient (Wildman–Crippen LogP) is 4.37. The number of non-ortho nitro benzene ring substituents is 1. The van der Waals surface area contributed by atoms with Crippen molar-refractivity contribution in [3.63, 3.8) is 0 Å². The van der Waals surface area contributed by atoms with E-state index in [1.54, 1.807) is 19.2 Å². The molecule has 0 saturated heterocycles. The largest absolute Gasteiger partial charge is 0.299 e. The van der Waals surface area contributed by atoms with Crippen molar-refractivity contribution < 1.29 is 9.72 Å². The molecule has 128 valence electrons. The maximum atomic E-state index is 12.3. The minimum atomic E-state index is -0.602. The number of hydrogen-bond acceptors (Lipinski definition) is 4. The summed E-state index contributed by atoms with van der Waals surface area (Å²) in [6.07, 6.45) is 4.09. The average Bonchev–Trinajstić information content (AvgIpc) is 2.55. The molecule has 1 aliphatic rings. The van der Waals surface area contributed by atoms with Gasteiger partial charge in [0, 0.05) is 23.9 Å². The highest BCUT2D eigenvalue weighted by Gasteiger charge is 2.45. The molecule has 1 aromatic carbocycles. The fraction of sp³-hybridized carbons (Fsp3) is 0.300. The molecule has 0 N–H and O–H groups in total. The molecule has 0 radical (unpaired) electrons. The summed E-state index contributed by atoms with van der Waals surface area (Å²) in [7, 11) is 0. The molecule has 0 amide bonds. The van der Waals surface area contributed by atoms with Crippen LogP contribution in [0.4, 0.5) is 5.69 Å². The summed E-state index contributed by atoms with van der Waals surface area (Å²) in [5.41, 5.74) is 2.98. The molecule has 0 bridgehead atoms. The van der Waals surface area contributed by atoms with Gasteiger partial charge in [-0.15, -0.1) is 0 Å². The van der Waals surface area contributed by atoms with E-state index in [2.05, 4.69) is 11.6 Å². The Kier molecular flexibility index (Phi) is 4.25. The van der Waals surface area contributed by atoms with Crippen LogP contribution < -0.4 is 0 Å². The van der Waals surface area contributed by atoms with Crippen molar-refractivity contribution in [2.24, 2.45) is 0 Å². The Balaban J connectivity index is 2.21. The number of nitro groups is 1. The summed E-state index contributed by atoms with van der Waals surface area (Å²) < 4.78 is 0. The van der Waals surface area contributed by atoms with Gasteiger partial charge in [-0.2, -0.15) is 0 Å². The third kappa shape index (κ3) is 2.76. The highest BCUT2D eigenvalue weighted by molar-refractivity contribution is 5.91. The summed E-state index contributed by atoms with van der Waals surface area (Å²) in [5.74, 6) is 0.0664. The van der Waals surface area contributed by atoms with Crippen LogP contribution in [0.15, 0.2) is 43.1 Å². The highest BCUT2D eigenvalue weighted by Crippen LogP contribution is 2.48. The number of carbonyl (C=O) groups is 1. The Morgan fingerprint density at radius 1 is 1.32 bits per heavy atom. The molecular weight excluding hydrogens is 316 g/mol. The highest BCUT2D eigenvalue weighted by atomic mass is 16.6. The Bertz CT molecular complexity index is 868. The second-order valence-electron chi connectivity index (χ2n) is 6.61. The molecule has 1 fully saturated rings. The number of benzene rings is 1. The van der Waals surface area contributed by atoms with Gasteiger partial charge in [-0.3, -0.25) is 19.9 Å². The van der Waals surface area contributed by atoms with E-state index in [-0.39, 0.29) is 11.5 Å². The molecule has 1 heterocycles. The number of ketones is 1. The topological polar surface area (TPSA) is 73.1 Å². The maximum absolute atomic E-state index is 12.3. The molecule has 5 nitrogen and oxygen atoms in total. The molecule has 0 spiro atoms. The SMILES string of the molecule is C=C(c1ccccn1)c1cc([N+](=O)[O-])cc(C2(C(C)=O)CCC2)c1C. The summed E-state index contributed by atoms with van der Waals surface area (Å²) in [4.78, 5) is 27.7. The van der Waals surface area contributed by atoms with E-state index >= 15 is 0 Å². The van der Waals surface area contributed by atoms with Gasteiger partial charge in [-0.25, -0.2) is 0 Å². The van der Waals surface area contributed by atoms with Gasteiger partial charge in [0.25, 0.3) is 5.69 Å². The molecule has 0 aliphatic heterocycles. The minimum absolute atomic E-state index is 0.0137. The van der Waals surface area contributed by atoms with Crippen LogP contribution in [-0.4, -0.2) is 15.7 Å². The van der Waals surface area contributed by atoms with E-state index in [0.29, 0.717) is 16.8 Å². The van der Waals surface area contributed by atoms with Crippen LogP contribution in [0.1, 0.15) is 48.6 Å². The van der Waals surface area contributed by atoms with Crippen LogP contribution in [0.2, 0.25) is 0 Å². The third-order valence-corrected chi connectivity index (χ3v) is 5.30. The Morgan fingerprint density at radius 2 is 2.04 bits per heavy atom. The van der Waals surface area contributed by atoms with E-state index in [1.807, 2.05) is 25.1 Å². The lowest BCUT2D eigenvalue weighted by atomic mass is 9.61. The predicted molar refractivity (Wildman–Crippen MR) is 96.4 cm³/mol. The molecule has 1 aromatic heterocycles. The lowest BCUT2D eigenvalue weighted by Gasteiger charge is -2.41. The van der Waals surface area contributed by atoms with Gasteiger partial charge in [-0.05, 0) is 55.5 Å². The Labute approximate surface area is 146 Å². The first-order valence-electron chi connectivity index (χ1n) is 8.28. The monoisotopic (exact) mass is 336 g/mol. The molecule has 5 heteroatoms. The van der Waals surface area contributed by atoms with Gasteiger partial charge in [-0.1, -0.05) is 19.1 Å². The molecule has 0 atom stereocenters. The molecular formula is C20H20N2O3. The number of aromatic nitrogens is 1. The van der Waals surface area contributed by atoms with Crippen LogP contribution in [0.5, 0.6) is 0 Å². The zero-order valence-corrected chi connectivity index (χ0v) is 14.4. The maximum Gasteiger partial charge on any atom is 0.270 e. The second kappa shape index (κ2) is 6.24. The molecule has 1 aliphatic carbocycles. The van der Waals surface area contributed by atoms with E-state index < -0.39 is 10.3 Å². The molecule has 2 aromatic rings. The van der Waals surface area contributed by atoms with E-state index in [1.165, 1.54) is 6.07 Å². The summed E-state index contributed by atoms with van der Waals surface area (Å²) >= 11 is 0. The average molecular weight is 336 g/mol. The van der Waals surface area contributed by atoms with Crippen molar-refractivity contribution in [3.8, 4) is 0 Å².